The van der Waals surface area contributed by atoms with E-state index in [-0.39, 0.29) is 6.61 Å². The van der Waals surface area contributed by atoms with Gasteiger partial charge in [-0.1, -0.05) is 11.8 Å². The van der Waals surface area contributed by atoms with Gasteiger partial charge in [0.25, 0.3) is 0 Å². The number of hydrogen-bond acceptors (Lipinski definition) is 3. The van der Waals surface area contributed by atoms with Gasteiger partial charge in [-0.2, -0.15) is 0 Å². The van der Waals surface area contributed by atoms with Crippen molar-refractivity contribution in [3.05, 3.63) is 48.0 Å². The van der Waals surface area contributed by atoms with Crippen LogP contribution in [-0.2, 0) is 6.54 Å². The molecular weight excluding hydrogens is 252 g/mol. The third-order valence-corrected chi connectivity index (χ3v) is 2.86. The van der Waals surface area contributed by atoms with Gasteiger partial charge in [0.2, 0.25) is 0 Å². The zero-order valence-electron chi connectivity index (χ0n) is 11.5. The second-order valence-corrected chi connectivity index (χ2v) is 4.44. The molecule has 0 spiro atoms. The number of benzene rings is 1. The lowest BCUT2D eigenvalue weighted by atomic mass is 10.1. The third kappa shape index (κ3) is 4.15. The number of ether oxygens (including phenoxy) is 1. The summed E-state index contributed by atoms with van der Waals surface area (Å²) in [6.07, 6.45) is 6.46. The molecule has 1 N–H and O–H groups in total. The van der Waals surface area contributed by atoms with Gasteiger partial charge in [0.15, 0.2) is 0 Å². The van der Waals surface area contributed by atoms with Crippen molar-refractivity contribution in [2.24, 2.45) is 0 Å². The van der Waals surface area contributed by atoms with Gasteiger partial charge >= 0.3 is 0 Å². The molecule has 0 radical (unpaired) electrons. The average Bonchev–Trinajstić information content (AvgIpc) is 2.96. The molecule has 4 nitrogen and oxygen atoms in total. The minimum absolute atomic E-state index is 0.119. The summed E-state index contributed by atoms with van der Waals surface area (Å²) in [5.74, 6) is 6.40. The molecular formula is C16H18N2O2. The summed E-state index contributed by atoms with van der Waals surface area (Å²) in [7, 11) is 0. The molecule has 2 rings (SSSR count). The zero-order chi connectivity index (χ0) is 14.2. The first-order valence-corrected chi connectivity index (χ1v) is 6.58. The lowest BCUT2D eigenvalue weighted by Gasteiger charge is -2.09. The summed E-state index contributed by atoms with van der Waals surface area (Å²) in [6, 6.07) is 5.79. The molecule has 0 aliphatic carbocycles. The largest absolute Gasteiger partial charge is 0.493 e. The van der Waals surface area contributed by atoms with Crippen LogP contribution < -0.4 is 4.74 Å². The Bertz CT molecular complexity index is 595. The molecule has 0 amide bonds. The number of rotatable bonds is 5. The minimum atomic E-state index is -0.119. The van der Waals surface area contributed by atoms with Crippen molar-refractivity contribution in [3.8, 4) is 17.6 Å². The van der Waals surface area contributed by atoms with Crippen LogP contribution in [0.2, 0.25) is 0 Å². The Kier molecular flexibility index (Phi) is 5.22. The first-order chi connectivity index (χ1) is 9.79. The number of aliphatic hydroxyl groups is 1. The summed E-state index contributed by atoms with van der Waals surface area (Å²) in [4.78, 5) is 4.00. The van der Waals surface area contributed by atoms with Crippen LogP contribution in [0.25, 0.3) is 0 Å². The van der Waals surface area contributed by atoms with E-state index in [4.69, 9.17) is 9.84 Å². The molecule has 0 aliphatic rings. The van der Waals surface area contributed by atoms with Crippen LogP contribution >= 0.6 is 0 Å². The van der Waals surface area contributed by atoms with Crippen molar-refractivity contribution in [3.63, 3.8) is 0 Å². The van der Waals surface area contributed by atoms with Gasteiger partial charge in [0.05, 0.1) is 12.9 Å². The maximum absolute atomic E-state index is 8.67. The van der Waals surface area contributed by atoms with E-state index < -0.39 is 0 Å². The van der Waals surface area contributed by atoms with Crippen molar-refractivity contribution in [1.29, 1.82) is 0 Å². The van der Waals surface area contributed by atoms with E-state index in [0.29, 0.717) is 6.61 Å². The molecule has 0 atom stereocenters. The Morgan fingerprint density at radius 2 is 2.30 bits per heavy atom. The quantitative estimate of drug-likeness (QED) is 0.668. The number of aliphatic hydroxyl groups excluding tert-OH is 1. The molecule has 1 aromatic heterocycles. The summed E-state index contributed by atoms with van der Waals surface area (Å²) in [5, 5.41) is 8.67. The Morgan fingerprint density at radius 1 is 1.40 bits per heavy atom. The standard InChI is InChI=1S/C16H18N2O2/c1-14-12-15(4-2-10-19)5-6-16(14)20-11-3-8-18-9-7-17-13-18/h5-7,9,12-13,19H,3,8,10-11H2,1H3. The number of hydrogen-bond donors (Lipinski definition) is 1. The van der Waals surface area contributed by atoms with E-state index >= 15 is 0 Å². The van der Waals surface area contributed by atoms with Gasteiger partial charge in [-0.3, -0.25) is 0 Å². The summed E-state index contributed by atoms with van der Waals surface area (Å²) in [6.45, 7) is 3.45. The summed E-state index contributed by atoms with van der Waals surface area (Å²) in [5.41, 5.74) is 1.94. The van der Waals surface area contributed by atoms with E-state index in [0.717, 1.165) is 29.8 Å². The molecule has 0 saturated carbocycles. The average molecular weight is 270 g/mol. The van der Waals surface area contributed by atoms with Crippen molar-refractivity contribution < 1.29 is 9.84 Å². The van der Waals surface area contributed by atoms with Crippen LogP contribution in [0.4, 0.5) is 0 Å². The molecule has 0 aliphatic heterocycles. The van der Waals surface area contributed by atoms with E-state index in [2.05, 4.69) is 16.8 Å². The fourth-order valence-corrected chi connectivity index (χ4v) is 1.88. The molecule has 20 heavy (non-hydrogen) atoms. The highest BCUT2D eigenvalue weighted by Crippen LogP contribution is 2.19. The SMILES string of the molecule is Cc1cc(C#CCO)ccc1OCCCn1ccnc1. The fourth-order valence-electron chi connectivity index (χ4n) is 1.88. The molecule has 0 bridgehead atoms. The molecule has 0 saturated heterocycles. The normalized spacial score (nSPS) is 9.90. The highest BCUT2D eigenvalue weighted by atomic mass is 16.5. The highest BCUT2D eigenvalue weighted by molar-refractivity contribution is 5.43. The van der Waals surface area contributed by atoms with Gasteiger partial charge in [0, 0.05) is 24.5 Å². The second-order valence-electron chi connectivity index (χ2n) is 4.44. The number of aryl methyl sites for hydroxylation is 2. The predicted molar refractivity (Wildman–Crippen MR) is 77.5 cm³/mol. The molecule has 2 aromatic rings. The highest BCUT2D eigenvalue weighted by Gasteiger charge is 2.00. The van der Waals surface area contributed by atoms with E-state index in [1.54, 1.807) is 12.5 Å². The molecule has 4 heteroatoms. The van der Waals surface area contributed by atoms with Gasteiger partial charge in [-0.25, -0.2) is 4.98 Å². The monoisotopic (exact) mass is 270 g/mol. The van der Waals surface area contributed by atoms with Crippen molar-refractivity contribution in [1.82, 2.24) is 9.55 Å². The number of imidazole rings is 1. The van der Waals surface area contributed by atoms with Gasteiger partial charge in [-0.05, 0) is 37.1 Å². The third-order valence-electron chi connectivity index (χ3n) is 2.86. The van der Waals surface area contributed by atoms with Gasteiger partial charge < -0.3 is 14.4 Å². The Balaban J connectivity index is 1.83. The topological polar surface area (TPSA) is 47.3 Å². The molecule has 1 heterocycles. The Labute approximate surface area is 119 Å². The lowest BCUT2D eigenvalue weighted by Crippen LogP contribution is -2.03. The summed E-state index contributed by atoms with van der Waals surface area (Å²) < 4.78 is 7.79. The molecule has 0 fully saturated rings. The Hall–Kier alpha value is -2.25. The summed E-state index contributed by atoms with van der Waals surface area (Å²) >= 11 is 0. The van der Waals surface area contributed by atoms with Crippen LogP contribution in [0.3, 0.4) is 0 Å². The van der Waals surface area contributed by atoms with Gasteiger partial charge in [-0.15, -0.1) is 0 Å². The lowest BCUT2D eigenvalue weighted by molar-refractivity contribution is 0.300. The van der Waals surface area contributed by atoms with Crippen LogP contribution in [0, 0.1) is 18.8 Å². The van der Waals surface area contributed by atoms with Crippen LogP contribution in [0.5, 0.6) is 5.75 Å². The van der Waals surface area contributed by atoms with E-state index in [9.17, 15) is 0 Å². The van der Waals surface area contributed by atoms with Crippen molar-refractivity contribution >= 4 is 0 Å². The zero-order valence-corrected chi connectivity index (χ0v) is 11.5. The number of nitrogens with zero attached hydrogens (tertiary/aromatic N) is 2. The predicted octanol–water partition coefficient (Wildman–Crippen LogP) is 2.00. The van der Waals surface area contributed by atoms with E-state index in [1.165, 1.54) is 0 Å². The fraction of sp³-hybridized carbons (Fsp3) is 0.312. The van der Waals surface area contributed by atoms with Crippen LogP contribution in [0.1, 0.15) is 17.5 Å². The van der Waals surface area contributed by atoms with Gasteiger partial charge in [0.1, 0.15) is 12.4 Å². The maximum atomic E-state index is 8.67. The molecule has 1 aromatic carbocycles. The first-order valence-electron chi connectivity index (χ1n) is 6.58. The Morgan fingerprint density at radius 3 is 3.00 bits per heavy atom. The molecule has 0 unspecified atom stereocenters. The maximum Gasteiger partial charge on any atom is 0.122 e. The van der Waals surface area contributed by atoms with Crippen LogP contribution in [-0.4, -0.2) is 27.9 Å². The minimum Gasteiger partial charge on any atom is -0.493 e. The first kappa shape index (κ1) is 14.2. The number of aromatic nitrogens is 2. The molecule has 104 valence electrons. The van der Waals surface area contributed by atoms with Crippen LogP contribution in [0.15, 0.2) is 36.9 Å². The van der Waals surface area contributed by atoms with Crippen molar-refractivity contribution in [2.75, 3.05) is 13.2 Å². The van der Waals surface area contributed by atoms with Crippen molar-refractivity contribution in [2.45, 2.75) is 19.9 Å². The second kappa shape index (κ2) is 7.37. The van der Waals surface area contributed by atoms with E-state index in [1.807, 2.05) is 35.9 Å². The smallest absolute Gasteiger partial charge is 0.122 e.